The number of carbonyl (C=O) groups is 1. The van der Waals surface area contributed by atoms with E-state index in [1.54, 1.807) is 6.08 Å². The first-order chi connectivity index (χ1) is 11.4. The second-order valence-corrected chi connectivity index (χ2v) is 5.70. The van der Waals surface area contributed by atoms with Crippen molar-refractivity contribution < 1.29 is 22.7 Å². The monoisotopic (exact) mass is 342 g/mol. The van der Waals surface area contributed by atoms with Gasteiger partial charge in [-0.05, 0) is 31.0 Å². The van der Waals surface area contributed by atoms with E-state index in [-0.39, 0.29) is 12.2 Å². The fraction of sp³-hybridized carbons (Fsp3) is 0.526. The lowest BCUT2D eigenvalue weighted by molar-refractivity contribution is -0.137. The minimum absolute atomic E-state index is 0.0743. The molecule has 0 fully saturated rings. The third-order valence-corrected chi connectivity index (χ3v) is 3.63. The molecule has 0 saturated carbocycles. The molecule has 1 aromatic rings. The fourth-order valence-electron chi connectivity index (χ4n) is 2.26. The Balaban J connectivity index is 2.26. The van der Waals surface area contributed by atoms with E-state index in [1.165, 1.54) is 44.2 Å². The molecule has 24 heavy (non-hydrogen) atoms. The second-order valence-electron chi connectivity index (χ2n) is 5.70. The molecule has 0 atom stereocenters. The summed E-state index contributed by atoms with van der Waals surface area (Å²) in [5.74, 6) is -0.745. The van der Waals surface area contributed by atoms with Crippen molar-refractivity contribution in [2.75, 3.05) is 6.61 Å². The number of benzene rings is 1. The average molecular weight is 342 g/mol. The third-order valence-electron chi connectivity index (χ3n) is 3.63. The first-order valence-corrected chi connectivity index (χ1v) is 8.44. The van der Waals surface area contributed by atoms with Gasteiger partial charge in [0.15, 0.2) is 0 Å². The number of allylic oxidation sites excluding steroid dienone is 1. The normalized spacial score (nSPS) is 11.8. The molecule has 5 heteroatoms. The Morgan fingerprint density at radius 3 is 2.50 bits per heavy atom. The van der Waals surface area contributed by atoms with Crippen LogP contribution in [0.3, 0.4) is 0 Å². The molecule has 0 aliphatic heterocycles. The number of unbranched alkanes of at least 4 members (excludes halogenated alkanes) is 6. The van der Waals surface area contributed by atoms with Gasteiger partial charge in [0.05, 0.1) is 11.1 Å². The highest BCUT2D eigenvalue weighted by Crippen LogP contribution is 2.29. The van der Waals surface area contributed by atoms with Crippen LogP contribution in [0.15, 0.2) is 36.4 Å². The first-order valence-electron chi connectivity index (χ1n) is 8.44. The van der Waals surface area contributed by atoms with E-state index in [0.29, 0.717) is 0 Å². The molecule has 0 unspecified atom stereocenters. The van der Waals surface area contributed by atoms with Crippen molar-refractivity contribution in [1.29, 1.82) is 0 Å². The molecule has 0 amide bonds. The fourth-order valence-corrected chi connectivity index (χ4v) is 2.26. The van der Waals surface area contributed by atoms with Crippen LogP contribution in [0.4, 0.5) is 13.2 Å². The topological polar surface area (TPSA) is 26.3 Å². The molecule has 0 bridgehead atoms. The van der Waals surface area contributed by atoms with Crippen LogP contribution in [-0.2, 0) is 10.9 Å². The molecule has 0 radical (unpaired) electrons. The van der Waals surface area contributed by atoms with Gasteiger partial charge in [-0.25, -0.2) is 4.79 Å². The van der Waals surface area contributed by atoms with Gasteiger partial charge < -0.3 is 4.74 Å². The van der Waals surface area contributed by atoms with E-state index in [4.69, 9.17) is 4.74 Å². The molecule has 0 heterocycles. The summed E-state index contributed by atoms with van der Waals surface area (Å²) in [7, 11) is 0. The molecule has 1 aromatic carbocycles. The van der Waals surface area contributed by atoms with Gasteiger partial charge in [-0.1, -0.05) is 57.2 Å². The smallest absolute Gasteiger partial charge is 0.416 e. The molecule has 134 valence electrons. The Labute approximate surface area is 141 Å². The zero-order chi connectivity index (χ0) is 17.8. The molecule has 0 aliphatic rings. The maximum Gasteiger partial charge on any atom is 0.416 e. The molecular weight excluding hydrogens is 317 g/mol. The van der Waals surface area contributed by atoms with Crippen LogP contribution in [0.25, 0.3) is 0 Å². The molecular formula is C19H25F3O2. The minimum Gasteiger partial charge on any atom is -0.458 e. The zero-order valence-electron chi connectivity index (χ0n) is 14.1. The summed E-state index contributed by atoms with van der Waals surface area (Å²) < 4.78 is 42.7. The van der Waals surface area contributed by atoms with Gasteiger partial charge in [-0.2, -0.15) is 13.2 Å². The largest absolute Gasteiger partial charge is 0.458 e. The predicted octanol–water partition coefficient (Wildman–Crippen LogP) is 6.17. The Hall–Kier alpha value is -1.78. The minimum atomic E-state index is -4.46. The summed E-state index contributed by atoms with van der Waals surface area (Å²) >= 11 is 0. The quantitative estimate of drug-likeness (QED) is 0.289. The van der Waals surface area contributed by atoms with Crippen LogP contribution in [-0.4, -0.2) is 12.6 Å². The van der Waals surface area contributed by atoms with E-state index < -0.39 is 17.7 Å². The summed E-state index contributed by atoms with van der Waals surface area (Å²) in [6.45, 7) is 2.26. The highest BCUT2D eigenvalue weighted by atomic mass is 19.4. The Bertz CT molecular complexity index is 522. The number of halogens is 3. The molecule has 0 aliphatic carbocycles. The summed E-state index contributed by atoms with van der Waals surface area (Å²) in [5.41, 5.74) is -0.940. The van der Waals surface area contributed by atoms with Gasteiger partial charge in [0.25, 0.3) is 0 Å². The van der Waals surface area contributed by atoms with Crippen molar-refractivity contribution in [3.8, 4) is 0 Å². The Kier molecular flexibility index (Phi) is 9.20. The van der Waals surface area contributed by atoms with Crippen molar-refractivity contribution >= 4 is 5.97 Å². The van der Waals surface area contributed by atoms with Crippen LogP contribution in [0.2, 0.25) is 0 Å². The van der Waals surface area contributed by atoms with Gasteiger partial charge in [0, 0.05) is 0 Å². The molecule has 0 N–H and O–H groups in total. The van der Waals surface area contributed by atoms with Crippen LogP contribution in [0.5, 0.6) is 0 Å². The lowest BCUT2D eigenvalue weighted by Crippen LogP contribution is -2.09. The van der Waals surface area contributed by atoms with Gasteiger partial charge in [-0.15, -0.1) is 0 Å². The lowest BCUT2D eigenvalue weighted by Gasteiger charge is -2.08. The van der Waals surface area contributed by atoms with E-state index in [2.05, 4.69) is 6.92 Å². The van der Waals surface area contributed by atoms with Crippen molar-refractivity contribution in [3.05, 3.63) is 47.5 Å². The third kappa shape index (κ3) is 8.18. The number of rotatable bonds is 10. The summed E-state index contributed by atoms with van der Waals surface area (Å²) in [5, 5.41) is 0. The molecule has 2 nitrogen and oxygen atoms in total. The maximum atomic E-state index is 12.6. The number of alkyl halides is 3. The van der Waals surface area contributed by atoms with Crippen LogP contribution < -0.4 is 0 Å². The van der Waals surface area contributed by atoms with Crippen LogP contribution in [0, 0.1) is 0 Å². The Morgan fingerprint density at radius 2 is 1.79 bits per heavy atom. The number of hydrogen-bond donors (Lipinski definition) is 0. The molecule has 0 spiro atoms. The number of hydrogen-bond acceptors (Lipinski definition) is 2. The van der Waals surface area contributed by atoms with Crippen molar-refractivity contribution in [3.63, 3.8) is 0 Å². The molecule has 0 saturated heterocycles. The predicted molar refractivity (Wildman–Crippen MR) is 88.9 cm³/mol. The second kappa shape index (κ2) is 10.9. The SMILES string of the molecule is CCCCCCCC/C=C/COC(=O)c1cccc(C(F)(F)F)c1. The van der Waals surface area contributed by atoms with Gasteiger partial charge in [0.2, 0.25) is 0 Å². The standard InChI is InChI=1S/C19H25F3O2/c1-2-3-4-5-6-7-8-9-10-14-24-18(23)16-12-11-13-17(15-16)19(20,21)22/h9-13,15H,2-8,14H2,1H3/b10-9+. The van der Waals surface area contributed by atoms with E-state index in [9.17, 15) is 18.0 Å². The van der Waals surface area contributed by atoms with Gasteiger partial charge >= 0.3 is 12.1 Å². The number of esters is 1. The van der Waals surface area contributed by atoms with Crippen molar-refractivity contribution in [2.45, 2.75) is 58.0 Å². The summed E-state index contributed by atoms with van der Waals surface area (Å²) in [6.07, 6.45) is 7.45. The molecule has 0 aromatic heterocycles. The van der Waals surface area contributed by atoms with Gasteiger partial charge in [0.1, 0.15) is 6.61 Å². The highest BCUT2D eigenvalue weighted by Gasteiger charge is 2.30. The van der Waals surface area contributed by atoms with Crippen LogP contribution >= 0.6 is 0 Å². The van der Waals surface area contributed by atoms with Crippen molar-refractivity contribution in [1.82, 2.24) is 0 Å². The van der Waals surface area contributed by atoms with E-state index in [1.807, 2.05) is 6.08 Å². The zero-order valence-corrected chi connectivity index (χ0v) is 14.1. The van der Waals surface area contributed by atoms with Gasteiger partial charge in [-0.3, -0.25) is 0 Å². The number of ether oxygens (including phenoxy) is 1. The van der Waals surface area contributed by atoms with Crippen LogP contribution in [0.1, 0.15) is 67.8 Å². The van der Waals surface area contributed by atoms with E-state index in [0.717, 1.165) is 25.0 Å². The lowest BCUT2D eigenvalue weighted by atomic mass is 10.1. The number of carbonyl (C=O) groups excluding carboxylic acids is 1. The summed E-state index contributed by atoms with van der Waals surface area (Å²) in [6, 6.07) is 4.25. The Morgan fingerprint density at radius 1 is 1.08 bits per heavy atom. The first kappa shape index (κ1) is 20.3. The average Bonchev–Trinajstić information content (AvgIpc) is 2.55. The van der Waals surface area contributed by atoms with E-state index >= 15 is 0 Å². The maximum absolute atomic E-state index is 12.6. The summed E-state index contributed by atoms with van der Waals surface area (Å²) in [4.78, 5) is 11.7. The highest BCUT2D eigenvalue weighted by molar-refractivity contribution is 5.89. The van der Waals surface area contributed by atoms with Crippen molar-refractivity contribution in [2.24, 2.45) is 0 Å². The molecule has 1 rings (SSSR count).